The molecule has 2 rings (SSSR count). The number of anilines is 1. The number of nitrogens with zero attached hydrogens (tertiary/aromatic N) is 1. The van der Waals surface area contributed by atoms with E-state index in [1.165, 1.54) is 4.90 Å². The number of benzene rings is 1. The van der Waals surface area contributed by atoms with Gasteiger partial charge in [0.25, 0.3) is 0 Å². The van der Waals surface area contributed by atoms with E-state index >= 15 is 0 Å². The van der Waals surface area contributed by atoms with Gasteiger partial charge in [-0.05, 0) is 26.0 Å². The summed E-state index contributed by atoms with van der Waals surface area (Å²) in [6.45, 7) is 3.29. The van der Waals surface area contributed by atoms with Crippen LogP contribution < -0.4 is 4.90 Å². The predicted molar refractivity (Wildman–Crippen MR) is 63.4 cm³/mol. The maximum atomic E-state index is 12.1. The Morgan fingerprint density at radius 2 is 1.88 bits per heavy atom. The van der Waals surface area contributed by atoms with Crippen molar-refractivity contribution in [2.24, 2.45) is 5.92 Å². The van der Waals surface area contributed by atoms with Crippen molar-refractivity contribution in [3.05, 3.63) is 41.6 Å². The molecule has 0 saturated heterocycles. The third-order valence-electron chi connectivity index (χ3n) is 2.99. The summed E-state index contributed by atoms with van der Waals surface area (Å²) >= 11 is 0. The Morgan fingerprint density at radius 1 is 1.29 bits per heavy atom. The summed E-state index contributed by atoms with van der Waals surface area (Å²) in [5.74, 6) is -1.81. The standard InChI is InChI=1S/C13H13NO3/c1-8-11(13(16)17)9(2)14(12(8)15)10-6-4-3-5-7-10/h3-8H,1-2H3,(H,16,17). The maximum Gasteiger partial charge on any atom is 0.334 e. The summed E-state index contributed by atoms with van der Waals surface area (Å²) in [7, 11) is 0. The molecule has 0 bridgehead atoms. The first-order valence-electron chi connectivity index (χ1n) is 5.37. The monoisotopic (exact) mass is 231 g/mol. The minimum absolute atomic E-state index is 0.179. The molecule has 4 heteroatoms. The molecule has 1 amide bonds. The van der Waals surface area contributed by atoms with E-state index in [9.17, 15) is 9.59 Å². The molecule has 1 aromatic carbocycles. The molecule has 1 N–H and O–H groups in total. The summed E-state index contributed by atoms with van der Waals surface area (Å²) in [5.41, 5.74) is 1.39. The Balaban J connectivity index is 2.50. The van der Waals surface area contributed by atoms with Gasteiger partial charge in [-0.1, -0.05) is 18.2 Å². The molecule has 0 spiro atoms. The average Bonchev–Trinajstić information content (AvgIpc) is 2.51. The number of carboxylic acid groups (broad SMARTS) is 1. The molecule has 0 radical (unpaired) electrons. The first-order chi connectivity index (χ1) is 8.04. The topological polar surface area (TPSA) is 57.6 Å². The summed E-state index contributed by atoms with van der Waals surface area (Å²) < 4.78 is 0. The fourth-order valence-corrected chi connectivity index (χ4v) is 2.15. The lowest BCUT2D eigenvalue weighted by Gasteiger charge is -2.18. The number of rotatable bonds is 2. The summed E-state index contributed by atoms with van der Waals surface area (Å²) in [6, 6.07) is 9.07. The van der Waals surface area contributed by atoms with Gasteiger partial charge in [-0.2, -0.15) is 0 Å². The molecule has 88 valence electrons. The van der Waals surface area contributed by atoms with Crippen molar-refractivity contribution >= 4 is 17.6 Å². The second-order valence-electron chi connectivity index (χ2n) is 4.04. The zero-order valence-corrected chi connectivity index (χ0v) is 9.68. The van der Waals surface area contributed by atoms with E-state index in [4.69, 9.17) is 5.11 Å². The van der Waals surface area contributed by atoms with Gasteiger partial charge in [0, 0.05) is 11.4 Å². The molecule has 1 unspecified atom stereocenters. The van der Waals surface area contributed by atoms with Crippen LogP contribution in [0, 0.1) is 5.92 Å². The molecule has 0 fully saturated rings. The second-order valence-corrected chi connectivity index (χ2v) is 4.04. The van der Waals surface area contributed by atoms with Gasteiger partial charge in [0.05, 0.1) is 11.5 Å². The van der Waals surface area contributed by atoms with Gasteiger partial charge in [-0.3, -0.25) is 9.69 Å². The number of carboxylic acids is 1. The number of aliphatic carboxylic acids is 1. The van der Waals surface area contributed by atoms with E-state index in [0.717, 1.165) is 0 Å². The van der Waals surface area contributed by atoms with Gasteiger partial charge in [0.1, 0.15) is 0 Å². The highest BCUT2D eigenvalue weighted by molar-refractivity contribution is 6.10. The Kier molecular flexibility index (Phi) is 2.71. The lowest BCUT2D eigenvalue weighted by molar-refractivity contribution is -0.134. The number of para-hydroxylation sites is 1. The zero-order valence-electron chi connectivity index (χ0n) is 9.68. The van der Waals surface area contributed by atoms with E-state index in [0.29, 0.717) is 11.4 Å². The van der Waals surface area contributed by atoms with Crippen molar-refractivity contribution in [2.75, 3.05) is 4.90 Å². The molecule has 17 heavy (non-hydrogen) atoms. The SMILES string of the molecule is CC1=C(C(=O)O)C(C)C(=O)N1c1ccccc1. The van der Waals surface area contributed by atoms with Crippen molar-refractivity contribution in [3.8, 4) is 0 Å². The summed E-state index contributed by atoms with van der Waals surface area (Å²) in [5, 5.41) is 9.10. The van der Waals surface area contributed by atoms with E-state index in [2.05, 4.69) is 0 Å². The van der Waals surface area contributed by atoms with Crippen LogP contribution in [0.4, 0.5) is 5.69 Å². The van der Waals surface area contributed by atoms with Crippen LogP contribution in [-0.4, -0.2) is 17.0 Å². The van der Waals surface area contributed by atoms with Crippen LogP contribution in [0.5, 0.6) is 0 Å². The first kappa shape index (κ1) is 11.4. The summed E-state index contributed by atoms with van der Waals surface area (Å²) in [4.78, 5) is 24.6. The molecular formula is C13H13NO3. The van der Waals surface area contributed by atoms with Crippen LogP contribution in [0.1, 0.15) is 13.8 Å². The quantitative estimate of drug-likeness (QED) is 0.847. The molecule has 1 heterocycles. The normalized spacial score (nSPS) is 20.0. The van der Waals surface area contributed by atoms with Crippen LogP contribution >= 0.6 is 0 Å². The van der Waals surface area contributed by atoms with Crippen LogP contribution in [0.15, 0.2) is 41.6 Å². The third kappa shape index (κ3) is 1.71. The van der Waals surface area contributed by atoms with E-state index in [1.807, 2.05) is 18.2 Å². The summed E-state index contributed by atoms with van der Waals surface area (Å²) in [6.07, 6.45) is 0. The van der Waals surface area contributed by atoms with Crippen LogP contribution in [0.25, 0.3) is 0 Å². The Bertz CT molecular complexity index is 505. The number of carbonyl (C=O) groups is 2. The Labute approximate surface area is 99.2 Å². The van der Waals surface area contributed by atoms with Gasteiger partial charge in [0.15, 0.2) is 0 Å². The number of allylic oxidation sites excluding steroid dienone is 1. The molecule has 0 saturated carbocycles. The van der Waals surface area contributed by atoms with Gasteiger partial charge in [-0.15, -0.1) is 0 Å². The van der Waals surface area contributed by atoms with Crippen LogP contribution in [0.3, 0.4) is 0 Å². The first-order valence-corrected chi connectivity index (χ1v) is 5.37. The van der Waals surface area contributed by atoms with Crippen molar-refractivity contribution in [1.29, 1.82) is 0 Å². The smallest absolute Gasteiger partial charge is 0.334 e. The molecular weight excluding hydrogens is 218 g/mol. The minimum Gasteiger partial charge on any atom is -0.478 e. The fourth-order valence-electron chi connectivity index (χ4n) is 2.15. The van der Waals surface area contributed by atoms with Gasteiger partial charge in [0.2, 0.25) is 5.91 Å². The van der Waals surface area contributed by atoms with Crippen molar-refractivity contribution in [3.63, 3.8) is 0 Å². The fraction of sp³-hybridized carbons (Fsp3) is 0.231. The highest BCUT2D eigenvalue weighted by atomic mass is 16.4. The third-order valence-corrected chi connectivity index (χ3v) is 2.99. The van der Waals surface area contributed by atoms with Gasteiger partial charge >= 0.3 is 5.97 Å². The largest absolute Gasteiger partial charge is 0.478 e. The van der Waals surface area contributed by atoms with Crippen molar-refractivity contribution < 1.29 is 14.7 Å². The Hall–Kier alpha value is -2.10. The van der Waals surface area contributed by atoms with E-state index in [1.54, 1.807) is 26.0 Å². The Morgan fingerprint density at radius 3 is 2.35 bits per heavy atom. The van der Waals surface area contributed by atoms with Gasteiger partial charge < -0.3 is 5.11 Å². The molecule has 1 aromatic rings. The van der Waals surface area contributed by atoms with E-state index < -0.39 is 11.9 Å². The number of hydrogen-bond acceptors (Lipinski definition) is 2. The molecule has 0 aromatic heterocycles. The molecule has 0 aliphatic carbocycles. The average molecular weight is 231 g/mol. The molecule has 4 nitrogen and oxygen atoms in total. The van der Waals surface area contributed by atoms with Gasteiger partial charge in [-0.25, -0.2) is 4.79 Å². The number of carbonyl (C=O) groups excluding carboxylic acids is 1. The molecule has 1 atom stereocenters. The van der Waals surface area contributed by atoms with Crippen molar-refractivity contribution in [2.45, 2.75) is 13.8 Å². The number of amides is 1. The zero-order chi connectivity index (χ0) is 12.6. The highest BCUT2D eigenvalue weighted by Crippen LogP contribution is 2.33. The lowest BCUT2D eigenvalue weighted by Crippen LogP contribution is -2.26. The van der Waals surface area contributed by atoms with Crippen LogP contribution in [-0.2, 0) is 9.59 Å². The van der Waals surface area contributed by atoms with Crippen LogP contribution in [0.2, 0.25) is 0 Å². The highest BCUT2D eigenvalue weighted by Gasteiger charge is 2.38. The number of hydrogen-bond donors (Lipinski definition) is 1. The maximum absolute atomic E-state index is 12.1. The second kappa shape index (κ2) is 4.05. The van der Waals surface area contributed by atoms with E-state index in [-0.39, 0.29) is 11.5 Å². The molecule has 1 aliphatic rings. The lowest BCUT2D eigenvalue weighted by atomic mass is 10.0. The van der Waals surface area contributed by atoms with Crippen molar-refractivity contribution in [1.82, 2.24) is 0 Å². The molecule has 1 aliphatic heterocycles. The minimum atomic E-state index is -1.03. The predicted octanol–water partition coefficient (Wildman–Crippen LogP) is 2.03.